The number of nitrogens with one attached hydrogen (secondary N) is 2. The van der Waals surface area contributed by atoms with Crippen LogP contribution in [0.5, 0.6) is 0 Å². The van der Waals surface area contributed by atoms with E-state index < -0.39 is 16.8 Å². The lowest BCUT2D eigenvalue weighted by Crippen LogP contribution is -2.71. The van der Waals surface area contributed by atoms with Gasteiger partial charge in [-0.15, -0.1) is 6.58 Å². The molecule has 0 rings (SSSR count). The zero-order valence-corrected chi connectivity index (χ0v) is 11.7. The second-order valence-corrected chi connectivity index (χ2v) is 12.6. The van der Waals surface area contributed by atoms with E-state index in [0.717, 1.165) is 0 Å². The van der Waals surface area contributed by atoms with Crippen molar-refractivity contribution in [3.63, 3.8) is 0 Å². The molecule has 2 N–H and O–H groups in total. The van der Waals surface area contributed by atoms with Crippen molar-refractivity contribution in [1.82, 2.24) is 14.2 Å². The molecule has 0 aromatic heterocycles. The molecule has 0 saturated carbocycles. The second-order valence-electron chi connectivity index (χ2n) is 3.97. The molecule has 0 fully saturated rings. The molecule has 0 heterocycles. The van der Waals surface area contributed by atoms with Crippen LogP contribution in [0.25, 0.3) is 0 Å². The van der Waals surface area contributed by atoms with Crippen molar-refractivity contribution in [2.75, 3.05) is 21.1 Å². The third kappa shape index (κ3) is 2.75. The minimum Gasteiger partial charge on any atom is -0.329 e. The molecule has 13 heavy (non-hydrogen) atoms. The van der Waals surface area contributed by atoms with Gasteiger partial charge in [-0.3, -0.25) is 0 Å². The largest absolute Gasteiger partial charge is 0.329 e. The SMILES string of the molecule is C=C[Si](C)(NC)N(C)[Si](C)(C)NC. The van der Waals surface area contributed by atoms with Gasteiger partial charge < -0.3 is 14.2 Å². The average Bonchev–Trinajstić information content (AvgIpc) is 2.15. The quantitative estimate of drug-likeness (QED) is 0.669. The van der Waals surface area contributed by atoms with Crippen LogP contribution in [-0.2, 0) is 0 Å². The molecule has 0 aromatic carbocycles. The Labute approximate surface area is 84.5 Å². The van der Waals surface area contributed by atoms with Crippen LogP contribution < -0.4 is 9.96 Å². The van der Waals surface area contributed by atoms with Crippen molar-refractivity contribution >= 4 is 16.8 Å². The summed E-state index contributed by atoms with van der Waals surface area (Å²) in [5, 5.41) is 0. The molecule has 0 aliphatic carbocycles. The van der Waals surface area contributed by atoms with Gasteiger partial charge >= 0.3 is 0 Å². The van der Waals surface area contributed by atoms with E-state index in [-0.39, 0.29) is 0 Å². The van der Waals surface area contributed by atoms with Gasteiger partial charge in [-0.2, -0.15) is 0 Å². The first kappa shape index (κ1) is 13.1. The van der Waals surface area contributed by atoms with Crippen molar-refractivity contribution < 1.29 is 0 Å². The Balaban J connectivity index is 4.74. The maximum absolute atomic E-state index is 3.92. The smallest absolute Gasteiger partial charge is 0.219 e. The molecule has 0 aromatic rings. The maximum Gasteiger partial charge on any atom is 0.219 e. The second kappa shape index (κ2) is 4.52. The third-order valence-electron chi connectivity index (χ3n) is 3.05. The summed E-state index contributed by atoms with van der Waals surface area (Å²) in [5.41, 5.74) is 2.08. The molecule has 0 amide bonds. The van der Waals surface area contributed by atoms with Crippen molar-refractivity contribution in [3.8, 4) is 0 Å². The van der Waals surface area contributed by atoms with Crippen molar-refractivity contribution in [1.29, 1.82) is 0 Å². The molecule has 0 radical (unpaired) electrons. The van der Waals surface area contributed by atoms with Gasteiger partial charge in [0.15, 0.2) is 8.40 Å². The first-order chi connectivity index (χ1) is 5.84. The van der Waals surface area contributed by atoms with Crippen LogP contribution in [0.4, 0.5) is 0 Å². The lowest BCUT2D eigenvalue weighted by Gasteiger charge is -2.43. The van der Waals surface area contributed by atoms with Gasteiger partial charge in [-0.1, -0.05) is 5.70 Å². The van der Waals surface area contributed by atoms with Gasteiger partial charge in [0.05, 0.1) is 0 Å². The lowest BCUT2D eigenvalue weighted by atomic mass is 11.3. The third-order valence-corrected chi connectivity index (χ3v) is 12.2. The summed E-state index contributed by atoms with van der Waals surface area (Å²) >= 11 is 0. The van der Waals surface area contributed by atoms with Gasteiger partial charge in [0, 0.05) is 0 Å². The normalized spacial score (nSPS) is 17.2. The van der Waals surface area contributed by atoms with E-state index in [2.05, 4.69) is 53.2 Å². The molecule has 0 bridgehead atoms. The number of hydrogen-bond donors (Lipinski definition) is 2. The van der Waals surface area contributed by atoms with E-state index in [4.69, 9.17) is 0 Å². The van der Waals surface area contributed by atoms with Crippen molar-refractivity contribution in [2.24, 2.45) is 0 Å². The molecule has 3 nitrogen and oxygen atoms in total. The fourth-order valence-electron chi connectivity index (χ4n) is 1.16. The monoisotopic (exact) mass is 217 g/mol. The number of hydrogen-bond acceptors (Lipinski definition) is 3. The van der Waals surface area contributed by atoms with Crippen LogP contribution in [0.3, 0.4) is 0 Å². The van der Waals surface area contributed by atoms with Crippen LogP contribution >= 0.6 is 0 Å². The van der Waals surface area contributed by atoms with Crippen LogP contribution in [0.1, 0.15) is 0 Å². The van der Waals surface area contributed by atoms with Crippen LogP contribution in [-0.4, -0.2) is 42.2 Å². The standard InChI is InChI=1S/C8H23N3Si2/c1-8-13(7,10-3)11(4)12(5,6)9-2/h8-10H,1H2,2-7H3. The zero-order chi connectivity index (χ0) is 10.7. The molecule has 1 unspecified atom stereocenters. The maximum atomic E-state index is 3.92. The molecule has 0 aliphatic heterocycles. The first-order valence-corrected chi connectivity index (χ1v) is 10.1. The van der Waals surface area contributed by atoms with E-state index in [9.17, 15) is 0 Å². The minimum absolute atomic E-state index is 1.45. The van der Waals surface area contributed by atoms with E-state index in [1.807, 2.05) is 14.1 Å². The fourth-order valence-corrected chi connectivity index (χ4v) is 7.89. The Morgan fingerprint density at radius 3 is 1.85 bits per heavy atom. The van der Waals surface area contributed by atoms with Gasteiger partial charge in [-0.05, 0) is 40.8 Å². The summed E-state index contributed by atoms with van der Waals surface area (Å²) in [6, 6.07) is 0. The van der Waals surface area contributed by atoms with Gasteiger partial charge in [0.2, 0.25) is 8.40 Å². The highest BCUT2D eigenvalue weighted by Gasteiger charge is 2.38. The average molecular weight is 217 g/mol. The Kier molecular flexibility index (Phi) is 4.54. The molecular formula is C8H23N3Si2. The van der Waals surface area contributed by atoms with Gasteiger partial charge in [-0.25, -0.2) is 0 Å². The predicted molar refractivity (Wildman–Crippen MR) is 65.2 cm³/mol. The summed E-state index contributed by atoms with van der Waals surface area (Å²) in [6.45, 7) is 10.8. The predicted octanol–water partition coefficient (Wildman–Crippen LogP) is 0.856. The molecule has 0 spiro atoms. The van der Waals surface area contributed by atoms with E-state index >= 15 is 0 Å². The van der Waals surface area contributed by atoms with E-state index in [1.165, 1.54) is 0 Å². The molecule has 78 valence electrons. The van der Waals surface area contributed by atoms with Crippen LogP contribution in [0, 0.1) is 0 Å². The number of rotatable bonds is 5. The van der Waals surface area contributed by atoms with Crippen molar-refractivity contribution in [3.05, 3.63) is 12.3 Å². The molecule has 1 atom stereocenters. The van der Waals surface area contributed by atoms with E-state index in [1.54, 1.807) is 0 Å². The Morgan fingerprint density at radius 1 is 1.15 bits per heavy atom. The molecular weight excluding hydrogens is 194 g/mol. The Bertz CT molecular complexity index is 184. The summed E-state index contributed by atoms with van der Waals surface area (Å²) in [5.74, 6) is 0. The Morgan fingerprint density at radius 2 is 1.62 bits per heavy atom. The molecule has 0 saturated heterocycles. The topological polar surface area (TPSA) is 27.3 Å². The summed E-state index contributed by atoms with van der Waals surface area (Å²) < 4.78 is 2.48. The highest BCUT2D eigenvalue weighted by atomic mass is 28.4. The highest BCUT2D eigenvalue weighted by Crippen LogP contribution is 2.12. The number of nitrogens with zero attached hydrogens (tertiary/aromatic N) is 1. The van der Waals surface area contributed by atoms with Crippen LogP contribution in [0.2, 0.25) is 19.6 Å². The highest BCUT2D eigenvalue weighted by molar-refractivity contribution is 6.91. The molecule has 0 aliphatic rings. The summed E-state index contributed by atoms with van der Waals surface area (Å²) in [4.78, 5) is 6.84. The van der Waals surface area contributed by atoms with Crippen molar-refractivity contribution in [2.45, 2.75) is 19.6 Å². The van der Waals surface area contributed by atoms with Crippen LogP contribution in [0.15, 0.2) is 12.3 Å². The van der Waals surface area contributed by atoms with Gasteiger partial charge in [0.25, 0.3) is 0 Å². The fraction of sp³-hybridized carbons (Fsp3) is 0.750. The lowest BCUT2D eigenvalue weighted by molar-refractivity contribution is 0.704. The summed E-state index contributed by atoms with van der Waals surface area (Å²) in [7, 11) is 3.19. The van der Waals surface area contributed by atoms with E-state index in [0.29, 0.717) is 0 Å². The minimum atomic E-state index is -1.61. The summed E-state index contributed by atoms with van der Waals surface area (Å²) in [6.07, 6.45) is 0. The molecule has 5 heteroatoms. The Hall–Kier alpha value is 0.0538. The first-order valence-electron chi connectivity index (χ1n) is 4.59. The van der Waals surface area contributed by atoms with Gasteiger partial charge in [0.1, 0.15) is 0 Å². The zero-order valence-electron chi connectivity index (χ0n) is 9.73.